The molecule has 0 bridgehead atoms. The van der Waals surface area contributed by atoms with Crippen molar-refractivity contribution in [1.82, 2.24) is 4.98 Å². The lowest BCUT2D eigenvalue weighted by Crippen LogP contribution is -2.43. The van der Waals surface area contributed by atoms with Crippen LogP contribution >= 0.6 is 0 Å². The Morgan fingerprint density at radius 3 is 2.26 bits per heavy atom. The monoisotopic (exact) mass is 581 g/mol. The molecule has 8 nitrogen and oxygen atoms in total. The van der Waals surface area contributed by atoms with Crippen LogP contribution in [-0.2, 0) is 20.7 Å². The van der Waals surface area contributed by atoms with E-state index >= 15 is 0 Å². The molecule has 0 aliphatic carbocycles. The fourth-order valence-corrected chi connectivity index (χ4v) is 3.91. The molecule has 3 aromatic carbocycles. The molecular formula is C31H26F3NO7. The first-order valence-electron chi connectivity index (χ1n) is 12.7. The van der Waals surface area contributed by atoms with Gasteiger partial charge in [0.05, 0.1) is 19.3 Å². The minimum atomic E-state index is -5.37. The number of carbonyl (C=O) groups is 3. The van der Waals surface area contributed by atoms with Gasteiger partial charge in [0.15, 0.2) is 5.78 Å². The molecule has 4 rings (SSSR count). The van der Waals surface area contributed by atoms with Crippen molar-refractivity contribution < 1.29 is 46.5 Å². The maximum Gasteiger partial charge on any atom is 0.491 e. The molecular weight excluding hydrogens is 555 g/mol. The van der Waals surface area contributed by atoms with Gasteiger partial charge in [0.25, 0.3) is 0 Å². The van der Waals surface area contributed by atoms with Crippen molar-refractivity contribution >= 4 is 28.5 Å². The van der Waals surface area contributed by atoms with Crippen LogP contribution in [0.2, 0.25) is 0 Å². The lowest BCUT2D eigenvalue weighted by atomic mass is 10.0. The van der Waals surface area contributed by atoms with Gasteiger partial charge in [-0.3, -0.25) is 4.79 Å². The van der Waals surface area contributed by atoms with E-state index in [-0.39, 0.29) is 22.6 Å². The van der Waals surface area contributed by atoms with Crippen molar-refractivity contribution in [3.63, 3.8) is 0 Å². The number of alkyl halides is 3. The van der Waals surface area contributed by atoms with Crippen LogP contribution < -0.4 is 14.2 Å². The number of nitrogens with zero attached hydrogens (tertiary/aromatic N) is 1. The van der Waals surface area contributed by atoms with Crippen molar-refractivity contribution in [3.8, 4) is 17.4 Å². The van der Waals surface area contributed by atoms with Crippen LogP contribution in [0.15, 0.2) is 79.0 Å². The molecule has 1 heterocycles. The van der Waals surface area contributed by atoms with Crippen molar-refractivity contribution in [3.05, 3.63) is 95.7 Å². The molecule has 1 aromatic heterocycles. The summed E-state index contributed by atoms with van der Waals surface area (Å²) in [5.41, 5.74) is -0.865. The number of esters is 2. The standard InChI is InChI=1S/C31H26F3NO7/c1-30(2,28(37)41-29(38)31(32,33)34)42-25-17-23(39-3)11-12-24(25)27(36)22-10-13-26(35-18-22)40-15-14-19-8-9-20-6-4-5-7-21(20)16-19/h4-13,16-18H,14-15H2,1-3H3. The summed E-state index contributed by atoms with van der Waals surface area (Å²) >= 11 is 0. The van der Waals surface area contributed by atoms with E-state index in [1.165, 1.54) is 43.6 Å². The van der Waals surface area contributed by atoms with Crippen LogP contribution in [0.4, 0.5) is 13.2 Å². The summed E-state index contributed by atoms with van der Waals surface area (Å²) < 4.78 is 58.1. The molecule has 0 atom stereocenters. The Labute approximate surface area is 239 Å². The molecule has 0 saturated carbocycles. The van der Waals surface area contributed by atoms with Gasteiger partial charge in [-0.1, -0.05) is 42.5 Å². The van der Waals surface area contributed by atoms with E-state index in [0.717, 1.165) is 30.2 Å². The molecule has 0 saturated heterocycles. The average molecular weight is 582 g/mol. The largest absolute Gasteiger partial charge is 0.497 e. The fraction of sp³-hybridized carbons (Fsp3) is 0.226. The molecule has 0 aliphatic heterocycles. The quantitative estimate of drug-likeness (QED) is 0.130. The fourth-order valence-electron chi connectivity index (χ4n) is 3.91. The molecule has 0 unspecified atom stereocenters. The number of benzene rings is 3. The van der Waals surface area contributed by atoms with Gasteiger partial charge in [-0.2, -0.15) is 13.2 Å². The van der Waals surface area contributed by atoms with Crippen molar-refractivity contribution in [1.29, 1.82) is 0 Å². The van der Waals surface area contributed by atoms with Gasteiger partial charge in [0.2, 0.25) is 11.5 Å². The van der Waals surface area contributed by atoms with E-state index in [1.807, 2.05) is 36.4 Å². The zero-order valence-corrected chi connectivity index (χ0v) is 22.9. The Hall–Kier alpha value is -4.93. The summed E-state index contributed by atoms with van der Waals surface area (Å²) in [7, 11) is 1.35. The van der Waals surface area contributed by atoms with Crippen LogP contribution in [0.25, 0.3) is 10.8 Å². The zero-order chi connectivity index (χ0) is 30.5. The molecule has 42 heavy (non-hydrogen) atoms. The number of hydrogen-bond donors (Lipinski definition) is 0. The normalized spacial score (nSPS) is 11.6. The summed E-state index contributed by atoms with van der Waals surface area (Å²) in [6.07, 6.45) is -3.42. The Balaban J connectivity index is 1.45. The second kappa shape index (κ2) is 12.3. The number of rotatable bonds is 10. The first-order valence-corrected chi connectivity index (χ1v) is 12.7. The van der Waals surface area contributed by atoms with Gasteiger partial charge in [0.1, 0.15) is 11.5 Å². The number of halogens is 3. The first-order chi connectivity index (χ1) is 19.9. The number of ether oxygens (including phenoxy) is 4. The number of pyridine rings is 1. The second-order valence-corrected chi connectivity index (χ2v) is 9.64. The first kappa shape index (κ1) is 30.0. The Bertz CT molecular complexity index is 1620. The Morgan fingerprint density at radius 1 is 0.857 bits per heavy atom. The van der Waals surface area contributed by atoms with Crippen molar-refractivity contribution in [2.45, 2.75) is 32.0 Å². The summed E-state index contributed by atoms with van der Waals surface area (Å²) in [5.74, 6) is -4.48. The van der Waals surface area contributed by atoms with E-state index in [1.54, 1.807) is 0 Å². The predicted octanol–water partition coefficient (Wildman–Crippen LogP) is 5.89. The Kier molecular flexibility index (Phi) is 8.79. The van der Waals surface area contributed by atoms with Crippen LogP contribution in [0.3, 0.4) is 0 Å². The highest BCUT2D eigenvalue weighted by atomic mass is 19.4. The van der Waals surface area contributed by atoms with Crippen LogP contribution in [-0.4, -0.2) is 48.2 Å². The SMILES string of the molecule is COc1ccc(C(=O)c2ccc(OCCc3ccc4ccccc4c3)nc2)c(OC(C)(C)C(=O)OC(=O)C(F)(F)F)c1. The molecule has 0 radical (unpaired) electrons. The summed E-state index contributed by atoms with van der Waals surface area (Å²) in [6, 6.07) is 21.4. The van der Waals surface area contributed by atoms with Gasteiger partial charge in [-0.05, 0) is 48.4 Å². The van der Waals surface area contributed by atoms with Gasteiger partial charge < -0.3 is 18.9 Å². The molecule has 11 heteroatoms. The van der Waals surface area contributed by atoms with Crippen LogP contribution in [0.1, 0.15) is 35.3 Å². The van der Waals surface area contributed by atoms with E-state index in [4.69, 9.17) is 14.2 Å². The van der Waals surface area contributed by atoms with Gasteiger partial charge in [-0.25, -0.2) is 14.6 Å². The highest BCUT2D eigenvalue weighted by molar-refractivity contribution is 6.10. The predicted molar refractivity (Wildman–Crippen MR) is 146 cm³/mol. The third kappa shape index (κ3) is 7.22. The average Bonchev–Trinajstić information content (AvgIpc) is 2.96. The molecule has 4 aromatic rings. The Morgan fingerprint density at radius 2 is 1.60 bits per heavy atom. The minimum Gasteiger partial charge on any atom is -0.497 e. The molecule has 0 amide bonds. The van der Waals surface area contributed by atoms with E-state index in [0.29, 0.717) is 18.9 Å². The van der Waals surface area contributed by atoms with E-state index in [9.17, 15) is 27.6 Å². The van der Waals surface area contributed by atoms with Gasteiger partial charge in [-0.15, -0.1) is 0 Å². The second-order valence-electron chi connectivity index (χ2n) is 9.64. The smallest absolute Gasteiger partial charge is 0.491 e. The lowest BCUT2D eigenvalue weighted by molar-refractivity contribution is -0.206. The van der Waals surface area contributed by atoms with E-state index in [2.05, 4.69) is 15.8 Å². The number of aromatic nitrogens is 1. The van der Waals surface area contributed by atoms with Gasteiger partial charge >= 0.3 is 18.1 Å². The zero-order valence-electron chi connectivity index (χ0n) is 22.9. The maximum absolute atomic E-state index is 13.3. The molecule has 218 valence electrons. The summed E-state index contributed by atoms with van der Waals surface area (Å²) in [6.45, 7) is 2.55. The molecule has 0 aliphatic rings. The highest BCUT2D eigenvalue weighted by Crippen LogP contribution is 2.31. The summed E-state index contributed by atoms with van der Waals surface area (Å²) in [5, 5.41) is 2.28. The third-order valence-electron chi connectivity index (χ3n) is 6.16. The van der Waals surface area contributed by atoms with Crippen LogP contribution in [0.5, 0.6) is 17.4 Å². The number of fused-ring (bicyclic) bond motifs is 1. The topological polar surface area (TPSA) is 101 Å². The molecule has 0 spiro atoms. The van der Waals surface area contributed by atoms with Crippen molar-refractivity contribution in [2.24, 2.45) is 0 Å². The number of methoxy groups -OCH3 is 1. The minimum absolute atomic E-state index is 0.0365. The summed E-state index contributed by atoms with van der Waals surface area (Å²) in [4.78, 5) is 41.0. The molecule has 0 fully saturated rings. The van der Waals surface area contributed by atoms with E-state index < -0.39 is 29.5 Å². The molecule has 0 N–H and O–H groups in total. The number of carbonyl (C=O) groups excluding carboxylic acids is 3. The number of ketones is 1. The third-order valence-corrected chi connectivity index (χ3v) is 6.16. The van der Waals surface area contributed by atoms with Crippen LogP contribution in [0, 0.1) is 0 Å². The van der Waals surface area contributed by atoms with Crippen molar-refractivity contribution in [2.75, 3.05) is 13.7 Å². The number of hydrogen-bond acceptors (Lipinski definition) is 8. The van der Waals surface area contributed by atoms with Gasteiger partial charge in [0, 0.05) is 30.3 Å². The lowest BCUT2D eigenvalue weighted by Gasteiger charge is -2.25. The maximum atomic E-state index is 13.3. The highest BCUT2D eigenvalue weighted by Gasteiger charge is 2.45.